The number of rotatable bonds is 5. The third kappa shape index (κ3) is 4.13. The molecule has 0 saturated heterocycles. The average Bonchev–Trinajstić information content (AvgIpc) is 3.21. The zero-order valence-corrected chi connectivity index (χ0v) is 16.4. The second-order valence-corrected chi connectivity index (χ2v) is 6.87. The van der Waals surface area contributed by atoms with E-state index in [2.05, 4.69) is 10.5 Å². The normalized spacial score (nSPS) is 11.1. The molecule has 4 rings (SSSR count). The first-order valence-electron chi connectivity index (χ1n) is 9.33. The van der Waals surface area contributed by atoms with Gasteiger partial charge in [-0.05, 0) is 53.6 Å². The van der Waals surface area contributed by atoms with Crippen LogP contribution in [0.1, 0.15) is 21.7 Å². The van der Waals surface area contributed by atoms with Crippen LogP contribution >= 0.6 is 0 Å². The van der Waals surface area contributed by atoms with Gasteiger partial charge in [-0.25, -0.2) is 5.43 Å². The van der Waals surface area contributed by atoms with Crippen molar-refractivity contribution in [3.63, 3.8) is 0 Å². The molecule has 0 bridgehead atoms. The van der Waals surface area contributed by atoms with Gasteiger partial charge in [0.05, 0.1) is 16.7 Å². The molecule has 0 fully saturated rings. The first kappa shape index (κ1) is 19.8. The summed E-state index contributed by atoms with van der Waals surface area (Å²) in [7, 11) is 0. The molecule has 0 aliphatic carbocycles. The van der Waals surface area contributed by atoms with Crippen molar-refractivity contribution in [2.24, 2.45) is 5.10 Å². The highest BCUT2D eigenvalue weighted by atomic mass is 16.6. The van der Waals surface area contributed by atoms with Crippen LogP contribution in [-0.4, -0.2) is 22.2 Å². The monoisotopic (exact) mass is 415 g/mol. The number of hydrogen-bond donors (Lipinski definition) is 2. The number of nitro groups is 1. The molecule has 3 aromatic carbocycles. The zero-order valence-electron chi connectivity index (χ0n) is 16.4. The number of aromatic hydroxyl groups is 1. The number of fused-ring (bicyclic) bond motifs is 1. The minimum Gasteiger partial charge on any atom is -0.507 e. The quantitative estimate of drug-likeness (QED) is 0.276. The number of nitrogens with zero attached hydrogens (tertiary/aromatic N) is 2. The summed E-state index contributed by atoms with van der Waals surface area (Å²) in [6.07, 6.45) is 1.33. The average molecular weight is 415 g/mol. The van der Waals surface area contributed by atoms with Crippen molar-refractivity contribution in [2.75, 3.05) is 0 Å². The Morgan fingerprint density at radius 3 is 2.55 bits per heavy atom. The van der Waals surface area contributed by atoms with E-state index in [0.29, 0.717) is 17.1 Å². The summed E-state index contributed by atoms with van der Waals surface area (Å²) in [4.78, 5) is 22.8. The minimum absolute atomic E-state index is 0.00856. The number of benzene rings is 3. The van der Waals surface area contributed by atoms with Gasteiger partial charge in [-0.2, -0.15) is 5.10 Å². The number of furan rings is 1. The predicted molar refractivity (Wildman–Crippen MR) is 116 cm³/mol. The molecule has 0 aliphatic heterocycles. The first-order chi connectivity index (χ1) is 14.9. The predicted octanol–water partition coefficient (Wildman–Crippen LogP) is 4.79. The third-order valence-corrected chi connectivity index (χ3v) is 4.78. The summed E-state index contributed by atoms with van der Waals surface area (Å²) in [5.74, 6) is 0.209. The van der Waals surface area contributed by atoms with Crippen LogP contribution in [0.4, 0.5) is 5.69 Å². The Morgan fingerprint density at radius 2 is 1.84 bits per heavy atom. The molecule has 2 N–H and O–H groups in total. The fourth-order valence-electron chi connectivity index (χ4n) is 3.23. The highest BCUT2D eigenvalue weighted by Crippen LogP contribution is 2.28. The molecule has 1 amide bonds. The van der Waals surface area contributed by atoms with Crippen LogP contribution in [0.25, 0.3) is 22.1 Å². The molecule has 0 radical (unpaired) electrons. The Morgan fingerprint density at radius 1 is 1.10 bits per heavy atom. The molecule has 1 aromatic heterocycles. The van der Waals surface area contributed by atoms with E-state index in [4.69, 9.17) is 4.42 Å². The summed E-state index contributed by atoms with van der Waals surface area (Å²) in [5, 5.41) is 26.5. The molecule has 0 aliphatic rings. The molecule has 0 spiro atoms. The summed E-state index contributed by atoms with van der Waals surface area (Å²) < 4.78 is 5.70. The van der Waals surface area contributed by atoms with Gasteiger partial charge in [0.25, 0.3) is 11.6 Å². The van der Waals surface area contributed by atoms with Crippen LogP contribution in [0.2, 0.25) is 0 Å². The molecule has 0 saturated carbocycles. The summed E-state index contributed by atoms with van der Waals surface area (Å²) in [6.45, 7) is 1.76. The van der Waals surface area contributed by atoms with E-state index in [1.807, 2.05) is 24.3 Å². The lowest BCUT2D eigenvalue weighted by Crippen LogP contribution is -2.17. The summed E-state index contributed by atoms with van der Waals surface area (Å²) >= 11 is 0. The maximum Gasteiger partial charge on any atom is 0.275 e. The van der Waals surface area contributed by atoms with E-state index in [0.717, 1.165) is 16.3 Å². The molecule has 8 nitrogen and oxygen atoms in total. The molecule has 0 unspecified atom stereocenters. The largest absolute Gasteiger partial charge is 0.507 e. The SMILES string of the molecule is Cc1cc([N+](=O)[O-])ccc1-c1ccc(/C=N/NC(=O)c2cc3ccccc3cc2O)o1. The lowest BCUT2D eigenvalue weighted by molar-refractivity contribution is -0.384. The standard InChI is InChI=1S/C23H17N3O5/c1-14-10-17(26(29)30)6-8-19(14)22-9-7-18(31-22)13-24-25-23(28)20-11-15-4-2-3-5-16(15)12-21(20)27/h2-13,27H,1H3,(H,25,28)/b24-13+. The number of non-ortho nitro benzene ring substituents is 1. The Bertz CT molecular complexity index is 1340. The number of phenolic OH excluding ortho intramolecular Hbond substituents is 1. The van der Waals surface area contributed by atoms with Crippen molar-refractivity contribution in [1.82, 2.24) is 5.43 Å². The van der Waals surface area contributed by atoms with Gasteiger partial charge in [-0.3, -0.25) is 14.9 Å². The number of carbonyl (C=O) groups is 1. The summed E-state index contributed by atoms with van der Waals surface area (Å²) in [6, 6.07) is 18.4. The van der Waals surface area contributed by atoms with Crippen molar-refractivity contribution in [1.29, 1.82) is 0 Å². The number of phenols is 1. The van der Waals surface area contributed by atoms with Gasteiger partial charge in [0, 0.05) is 17.7 Å². The van der Waals surface area contributed by atoms with Crippen LogP contribution in [0, 0.1) is 17.0 Å². The Kier molecular flexibility index (Phi) is 5.19. The maximum absolute atomic E-state index is 12.4. The fraction of sp³-hybridized carbons (Fsp3) is 0.0435. The maximum atomic E-state index is 12.4. The first-order valence-corrected chi connectivity index (χ1v) is 9.33. The topological polar surface area (TPSA) is 118 Å². The highest BCUT2D eigenvalue weighted by molar-refractivity contribution is 6.01. The van der Waals surface area contributed by atoms with Gasteiger partial charge < -0.3 is 9.52 Å². The van der Waals surface area contributed by atoms with Crippen LogP contribution < -0.4 is 5.43 Å². The van der Waals surface area contributed by atoms with Crippen molar-refractivity contribution in [3.8, 4) is 17.1 Å². The number of carbonyl (C=O) groups excluding carboxylic acids is 1. The number of hydrazone groups is 1. The molecule has 1 heterocycles. The van der Waals surface area contributed by atoms with Gasteiger partial charge in [0.1, 0.15) is 17.3 Å². The van der Waals surface area contributed by atoms with Crippen molar-refractivity contribution < 1.29 is 19.2 Å². The van der Waals surface area contributed by atoms with E-state index < -0.39 is 10.8 Å². The fourth-order valence-corrected chi connectivity index (χ4v) is 3.23. The number of aryl methyl sites for hydroxylation is 1. The van der Waals surface area contributed by atoms with E-state index in [9.17, 15) is 20.0 Å². The van der Waals surface area contributed by atoms with E-state index >= 15 is 0 Å². The Labute approximate surface area is 176 Å². The summed E-state index contributed by atoms with van der Waals surface area (Å²) in [5.41, 5.74) is 3.91. The van der Waals surface area contributed by atoms with Crippen molar-refractivity contribution in [3.05, 3.63) is 93.7 Å². The van der Waals surface area contributed by atoms with E-state index in [1.165, 1.54) is 24.4 Å². The lowest BCUT2D eigenvalue weighted by Gasteiger charge is -2.05. The third-order valence-electron chi connectivity index (χ3n) is 4.78. The molecular weight excluding hydrogens is 398 g/mol. The number of nitrogens with one attached hydrogen (secondary N) is 1. The number of amides is 1. The Balaban J connectivity index is 1.48. The van der Waals surface area contributed by atoms with Crippen LogP contribution in [-0.2, 0) is 0 Å². The molecule has 31 heavy (non-hydrogen) atoms. The van der Waals surface area contributed by atoms with Crippen molar-refractivity contribution in [2.45, 2.75) is 6.92 Å². The second-order valence-electron chi connectivity index (χ2n) is 6.87. The number of hydrogen-bond acceptors (Lipinski definition) is 6. The second kappa shape index (κ2) is 8.11. The van der Waals surface area contributed by atoms with Crippen LogP contribution in [0.3, 0.4) is 0 Å². The van der Waals surface area contributed by atoms with E-state index in [-0.39, 0.29) is 17.0 Å². The minimum atomic E-state index is -0.558. The van der Waals surface area contributed by atoms with Gasteiger partial charge in [0.15, 0.2) is 0 Å². The lowest BCUT2D eigenvalue weighted by atomic mass is 10.1. The zero-order chi connectivity index (χ0) is 22.0. The van der Waals surface area contributed by atoms with Crippen LogP contribution in [0.15, 0.2) is 76.2 Å². The molecule has 0 atom stereocenters. The van der Waals surface area contributed by atoms with Gasteiger partial charge in [0.2, 0.25) is 0 Å². The van der Waals surface area contributed by atoms with E-state index in [1.54, 1.807) is 31.2 Å². The van der Waals surface area contributed by atoms with Gasteiger partial charge in [-0.1, -0.05) is 24.3 Å². The highest BCUT2D eigenvalue weighted by Gasteiger charge is 2.13. The smallest absolute Gasteiger partial charge is 0.275 e. The van der Waals surface area contributed by atoms with Gasteiger partial charge >= 0.3 is 0 Å². The molecule has 4 aromatic rings. The molecular formula is C23H17N3O5. The van der Waals surface area contributed by atoms with Crippen molar-refractivity contribution >= 4 is 28.6 Å². The van der Waals surface area contributed by atoms with Crippen LogP contribution in [0.5, 0.6) is 5.75 Å². The number of nitro benzene ring substituents is 1. The molecule has 154 valence electrons. The Hall–Kier alpha value is -4.46. The van der Waals surface area contributed by atoms with Gasteiger partial charge in [-0.15, -0.1) is 0 Å². The molecule has 8 heteroatoms.